The van der Waals surface area contributed by atoms with E-state index >= 15 is 0 Å². The summed E-state index contributed by atoms with van der Waals surface area (Å²) in [5, 5.41) is 11.7. The molecule has 2 aromatic rings. The van der Waals surface area contributed by atoms with Crippen molar-refractivity contribution < 1.29 is 14.7 Å². The standard InChI is InChI=1S/C16H12ClNO3/c17-13-3-1-2-4-14(13)18-16(21)12-8-5-11(6-9-12)7-10-15(19)20/h1-10H,(H,18,21)(H,19,20). The smallest absolute Gasteiger partial charge is 0.328 e. The molecule has 21 heavy (non-hydrogen) atoms. The Hall–Kier alpha value is -2.59. The molecule has 106 valence electrons. The summed E-state index contributed by atoms with van der Waals surface area (Å²) >= 11 is 5.97. The highest BCUT2D eigenvalue weighted by atomic mass is 35.5. The lowest BCUT2D eigenvalue weighted by Gasteiger charge is -2.07. The minimum Gasteiger partial charge on any atom is -0.478 e. The van der Waals surface area contributed by atoms with E-state index in [1.807, 2.05) is 0 Å². The number of hydrogen-bond acceptors (Lipinski definition) is 2. The van der Waals surface area contributed by atoms with Crippen molar-refractivity contribution in [2.45, 2.75) is 0 Å². The average molecular weight is 302 g/mol. The van der Waals surface area contributed by atoms with Crippen LogP contribution in [0.4, 0.5) is 5.69 Å². The number of carboxylic acids is 1. The largest absolute Gasteiger partial charge is 0.478 e. The van der Waals surface area contributed by atoms with Crippen LogP contribution in [0.15, 0.2) is 54.6 Å². The number of rotatable bonds is 4. The monoisotopic (exact) mass is 301 g/mol. The van der Waals surface area contributed by atoms with Crippen molar-refractivity contribution in [3.63, 3.8) is 0 Å². The van der Waals surface area contributed by atoms with Gasteiger partial charge in [-0.15, -0.1) is 0 Å². The minimum atomic E-state index is -1.02. The maximum atomic E-state index is 12.1. The fourth-order valence-corrected chi connectivity index (χ4v) is 1.85. The van der Waals surface area contributed by atoms with Crippen LogP contribution in [0, 0.1) is 0 Å². The lowest BCUT2D eigenvalue weighted by molar-refractivity contribution is -0.131. The molecule has 0 aromatic heterocycles. The van der Waals surface area contributed by atoms with Gasteiger partial charge in [-0.3, -0.25) is 4.79 Å². The number of hydrogen-bond donors (Lipinski definition) is 2. The molecule has 4 nitrogen and oxygen atoms in total. The Balaban J connectivity index is 2.10. The molecule has 0 atom stereocenters. The van der Waals surface area contributed by atoms with Crippen LogP contribution in [0.1, 0.15) is 15.9 Å². The molecular weight excluding hydrogens is 290 g/mol. The number of aliphatic carboxylic acids is 1. The Morgan fingerprint density at radius 1 is 1.05 bits per heavy atom. The van der Waals surface area contributed by atoms with E-state index in [0.717, 1.165) is 6.08 Å². The first-order chi connectivity index (χ1) is 10.1. The molecule has 0 bridgehead atoms. The number of carbonyl (C=O) groups excluding carboxylic acids is 1. The Kier molecular flexibility index (Phi) is 4.74. The van der Waals surface area contributed by atoms with Gasteiger partial charge in [-0.1, -0.05) is 35.9 Å². The molecule has 0 unspecified atom stereocenters. The second kappa shape index (κ2) is 6.72. The molecule has 0 saturated heterocycles. The van der Waals surface area contributed by atoms with Gasteiger partial charge in [-0.25, -0.2) is 4.79 Å². The maximum Gasteiger partial charge on any atom is 0.328 e. The molecule has 0 spiro atoms. The van der Waals surface area contributed by atoms with E-state index in [1.165, 1.54) is 6.08 Å². The quantitative estimate of drug-likeness (QED) is 0.846. The van der Waals surface area contributed by atoms with Gasteiger partial charge in [0.25, 0.3) is 5.91 Å². The van der Waals surface area contributed by atoms with Crippen LogP contribution in [0.3, 0.4) is 0 Å². The molecule has 2 N–H and O–H groups in total. The highest BCUT2D eigenvalue weighted by Gasteiger charge is 2.07. The van der Waals surface area contributed by atoms with Gasteiger partial charge in [-0.05, 0) is 35.9 Å². The van der Waals surface area contributed by atoms with Crippen molar-refractivity contribution in [2.24, 2.45) is 0 Å². The third kappa shape index (κ3) is 4.19. The predicted molar refractivity (Wildman–Crippen MR) is 82.5 cm³/mol. The molecule has 0 fully saturated rings. The van der Waals surface area contributed by atoms with E-state index in [1.54, 1.807) is 48.5 Å². The van der Waals surface area contributed by atoms with Gasteiger partial charge in [0.1, 0.15) is 0 Å². The lowest BCUT2D eigenvalue weighted by Crippen LogP contribution is -2.11. The number of carbonyl (C=O) groups is 2. The first-order valence-corrected chi connectivity index (χ1v) is 6.51. The summed E-state index contributed by atoms with van der Waals surface area (Å²) in [6.45, 7) is 0. The lowest BCUT2D eigenvalue weighted by atomic mass is 10.1. The number of nitrogens with one attached hydrogen (secondary N) is 1. The van der Waals surface area contributed by atoms with E-state index in [9.17, 15) is 9.59 Å². The number of halogens is 1. The molecule has 2 rings (SSSR count). The fourth-order valence-electron chi connectivity index (χ4n) is 1.67. The van der Waals surface area contributed by atoms with Crippen LogP contribution in [0.5, 0.6) is 0 Å². The van der Waals surface area contributed by atoms with Crippen molar-refractivity contribution in [1.29, 1.82) is 0 Å². The Morgan fingerprint density at radius 3 is 2.33 bits per heavy atom. The molecule has 5 heteroatoms. The van der Waals surface area contributed by atoms with E-state index in [2.05, 4.69) is 5.32 Å². The van der Waals surface area contributed by atoms with Crippen LogP contribution < -0.4 is 5.32 Å². The SMILES string of the molecule is O=C(O)C=Cc1ccc(C(=O)Nc2ccccc2Cl)cc1. The van der Waals surface area contributed by atoms with E-state index in [0.29, 0.717) is 21.8 Å². The van der Waals surface area contributed by atoms with Crippen molar-refractivity contribution in [3.05, 3.63) is 70.8 Å². The first kappa shape index (κ1) is 14.8. The number of benzene rings is 2. The van der Waals surface area contributed by atoms with Gasteiger partial charge in [0, 0.05) is 11.6 Å². The third-order valence-electron chi connectivity index (χ3n) is 2.71. The minimum absolute atomic E-state index is 0.281. The van der Waals surface area contributed by atoms with E-state index < -0.39 is 5.97 Å². The summed E-state index contributed by atoms with van der Waals surface area (Å²) in [6.07, 6.45) is 2.50. The second-order valence-corrected chi connectivity index (χ2v) is 4.63. The van der Waals surface area contributed by atoms with Crippen LogP contribution in [-0.4, -0.2) is 17.0 Å². The van der Waals surface area contributed by atoms with Crippen molar-refractivity contribution in [3.8, 4) is 0 Å². The molecule has 0 radical (unpaired) electrons. The van der Waals surface area contributed by atoms with Gasteiger partial charge in [0.15, 0.2) is 0 Å². The van der Waals surface area contributed by atoms with Gasteiger partial charge in [0.05, 0.1) is 10.7 Å². The predicted octanol–water partition coefficient (Wildman–Crippen LogP) is 3.69. The zero-order chi connectivity index (χ0) is 15.2. The molecule has 0 aliphatic carbocycles. The van der Waals surface area contributed by atoms with E-state index in [4.69, 9.17) is 16.7 Å². The summed E-state index contributed by atoms with van der Waals surface area (Å²) in [5.74, 6) is -1.30. The van der Waals surface area contributed by atoms with E-state index in [-0.39, 0.29) is 5.91 Å². The highest BCUT2D eigenvalue weighted by Crippen LogP contribution is 2.21. The Bertz CT molecular complexity index is 693. The van der Waals surface area contributed by atoms with Crippen LogP contribution in [0.25, 0.3) is 6.08 Å². The first-order valence-electron chi connectivity index (χ1n) is 6.13. The van der Waals surface area contributed by atoms with Crippen molar-refractivity contribution in [2.75, 3.05) is 5.32 Å². The second-order valence-electron chi connectivity index (χ2n) is 4.23. The van der Waals surface area contributed by atoms with Crippen molar-refractivity contribution >= 4 is 35.2 Å². The van der Waals surface area contributed by atoms with Gasteiger partial charge >= 0.3 is 5.97 Å². The topological polar surface area (TPSA) is 66.4 Å². The Morgan fingerprint density at radius 2 is 1.71 bits per heavy atom. The zero-order valence-corrected chi connectivity index (χ0v) is 11.7. The average Bonchev–Trinajstić information content (AvgIpc) is 2.48. The van der Waals surface area contributed by atoms with Gasteiger partial charge in [0.2, 0.25) is 0 Å². The van der Waals surface area contributed by atoms with Crippen LogP contribution in [0.2, 0.25) is 5.02 Å². The molecule has 0 saturated carbocycles. The summed E-state index contributed by atoms with van der Waals surface area (Å²) in [6, 6.07) is 13.5. The van der Waals surface area contributed by atoms with Crippen molar-refractivity contribution in [1.82, 2.24) is 0 Å². The molecule has 0 aliphatic rings. The summed E-state index contributed by atoms with van der Waals surface area (Å²) in [7, 11) is 0. The molecule has 0 aliphatic heterocycles. The van der Waals surface area contributed by atoms with Gasteiger partial charge < -0.3 is 10.4 Å². The number of anilines is 1. The zero-order valence-electron chi connectivity index (χ0n) is 10.9. The van der Waals surface area contributed by atoms with Crippen LogP contribution >= 0.6 is 11.6 Å². The fraction of sp³-hybridized carbons (Fsp3) is 0. The molecule has 2 aromatic carbocycles. The highest BCUT2D eigenvalue weighted by molar-refractivity contribution is 6.33. The number of amides is 1. The summed E-state index contributed by atoms with van der Waals surface area (Å²) in [4.78, 5) is 22.5. The Labute approximate surface area is 126 Å². The number of carboxylic acid groups (broad SMARTS) is 1. The molecular formula is C16H12ClNO3. The number of para-hydroxylation sites is 1. The maximum absolute atomic E-state index is 12.1. The summed E-state index contributed by atoms with van der Waals surface area (Å²) in [5.41, 5.74) is 1.70. The molecule has 1 amide bonds. The summed E-state index contributed by atoms with van der Waals surface area (Å²) < 4.78 is 0. The third-order valence-corrected chi connectivity index (χ3v) is 3.04. The van der Waals surface area contributed by atoms with Crippen LogP contribution in [-0.2, 0) is 4.79 Å². The normalized spacial score (nSPS) is 10.5. The molecule has 0 heterocycles. The van der Waals surface area contributed by atoms with Gasteiger partial charge in [-0.2, -0.15) is 0 Å².